The first-order valence-electron chi connectivity index (χ1n) is 6.87. The molecule has 2 aromatic rings. The second-order valence-corrected chi connectivity index (χ2v) is 5.54. The van der Waals surface area contributed by atoms with E-state index in [-0.39, 0.29) is 11.6 Å². The number of amides is 1. The maximum atomic E-state index is 13.0. The number of nitro groups is 1. The predicted octanol–water partition coefficient (Wildman–Crippen LogP) is 4.04. The van der Waals surface area contributed by atoms with E-state index in [1.807, 2.05) is 0 Å². The average Bonchev–Trinajstić information content (AvgIpc) is 2.51. The number of nitrogens with one attached hydrogen (secondary N) is 1. The highest BCUT2D eigenvalue weighted by atomic mass is 35.5. The topological polar surface area (TPSA) is 98.3 Å². The van der Waals surface area contributed by atoms with Crippen LogP contribution < -0.4 is 11.1 Å². The van der Waals surface area contributed by atoms with E-state index < -0.39 is 50.8 Å². The molecule has 0 aliphatic heterocycles. The van der Waals surface area contributed by atoms with E-state index in [4.69, 9.17) is 17.3 Å². The number of carbonyl (C=O) groups excluding carboxylic acids is 1. The summed E-state index contributed by atoms with van der Waals surface area (Å²) in [5, 5.41) is 12.7. The van der Waals surface area contributed by atoms with E-state index in [2.05, 4.69) is 5.32 Å². The molecule has 6 nitrogen and oxygen atoms in total. The van der Waals surface area contributed by atoms with Gasteiger partial charge in [-0.2, -0.15) is 13.2 Å². The number of nitro benzene ring substituents is 1. The molecular formula is C15H10ClF4N3O3. The first-order valence-corrected chi connectivity index (χ1v) is 7.25. The Bertz CT molecular complexity index is 856. The molecule has 1 amide bonds. The molecule has 0 heterocycles. The minimum absolute atomic E-state index is 0.157. The Labute approximate surface area is 148 Å². The minimum Gasteiger partial charge on any atom is -0.368 e. The standard InChI is InChI=1S/C15H10ClF4N3O3/c16-10-6-11(12(23(25)26)5-9(10)15(18,19)20)22-13(14(21)24)7-1-3-8(17)4-2-7/h1-6,13,22H,(H2,21,24). The maximum absolute atomic E-state index is 13.0. The van der Waals surface area contributed by atoms with Crippen LogP contribution in [0.3, 0.4) is 0 Å². The van der Waals surface area contributed by atoms with E-state index in [0.717, 1.165) is 12.1 Å². The average molecular weight is 392 g/mol. The van der Waals surface area contributed by atoms with Gasteiger partial charge in [-0.3, -0.25) is 14.9 Å². The van der Waals surface area contributed by atoms with Gasteiger partial charge in [0.15, 0.2) is 0 Å². The molecule has 0 spiro atoms. The number of benzene rings is 2. The number of nitrogens with zero attached hydrogens (tertiary/aromatic N) is 1. The molecule has 11 heteroatoms. The predicted molar refractivity (Wildman–Crippen MR) is 85.1 cm³/mol. The first-order chi connectivity index (χ1) is 12.0. The first kappa shape index (κ1) is 19.4. The van der Waals surface area contributed by atoms with Crippen LogP contribution in [-0.2, 0) is 11.0 Å². The number of alkyl halides is 3. The van der Waals surface area contributed by atoms with Crippen molar-refractivity contribution in [3.63, 3.8) is 0 Å². The number of hydrogen-bond acceptors (Lipinski definition) is 4. The maximum Gasteiger partial charge on any atom is 0.418 e. The molecule has 1 unspecified atom stereocenters. The van der Waals surface area contributed by atoms with Gasteiger partial charge >= 0.3 is 6.18 Å². The summed E-state index contributed by atoms with van der Waals surface area (Å²) in [7, 11) is 0. The fourth-order valence-electron chi connectivity index (χ4n) is 2.18. The van der Waals surface area contributed by atoms with Crippen molar-refractivity contribution in [3.05, 3.63) is 68.5 Å². The van der Waals surface area contributed by atoms with E-state index in [1.165, 1.54) is 12.1 Å². The van der Waals surface area contributed by atoms with Gasteiger partial charge in [0.1, 0.15) is 17.5 Å². The van der Waals surface area contributed by atoms with E-state index >= 15 is 0 Å². The Morgan fingerprint density at radius 3 is 2.27 bits per heavy atom. The zero-order valence-corrected chi connectivity index (χ0v) is 13.4. The monoisotopic (exact) mass is 391 g/mol. The van der Waals surface area contributed by atoms with E-state index in [0.29, 0.717) is 6.07 Å². The molecule has 0 aliphatic rings. The normalized spacial score (nSPS) is 12.5. The van der Waals surface area contributed by atoms with Crippen LogP contribution in [-0.4, -0.2) is 10.8 Å². The van der Waals surface area contributed by atoms with Crippen LogP contribution in [0.1, 0.15) is 17.2 Å². The summed E-state index contributed by atoms with van der Waals surface area (Å²) >= 11 is 5.57. The molecule has 0 aromatic heterocycles. The molecule has 0 radical (unpaired) electrons. The minimum atomic E-state index is -4.90. The molecule has 138 valence electrons. The third-order valence-electron chi connectivity index (χ3n) is 3.38. The summed E-state index contributed by atoms with van der Waals surface area (Å²) in [6, 6.07) is 4.05. The third kappa shape index (κ3) is 4.20. The highest BCUT2D eigenvalue weighted by Gasteiger charge is 2.36. The molecule has 0 saturated carbocycles. The van der Waals surface area contributed by atoms with Crippen molar-refractivity contribution in [3.8, 4) is 0 Å². The van der Waals surface area contributed by atoms with Gasteiger partial charge < -0.3 is 11.1 Å². The van der Waals surface area contributed by atoms with Crippen molar-refractivity contribution in [2.45, 2.75) is 12.2 Å². The molecule has 0 saturated heterocycles. The second kappa shape index (κ2) is 7.16. The van der Waals surface area contributed by atoms with Crippen LogP contribution >= 0.6 is 11.6 Å². The summed E-state index contributed by atoms with van der Waals surface area (Å²) in [6.45, 7) is 0. The molecule has 2 aromatic carbocycles. The zero-order valence-electron chi connectivity index (χ0n) is 12.7. The van der Waals surface area contributed by atoms with Crippen LogP contribution in [0.5, 0.6) is 0 Å². The number of hydrogen-bond donors (Lipinski definition) is 2. The van der Waals surface area contributed by atoms with Crippen molar-refractivity contribution in [2.24, 2.45) is 5.73 Å². The molecular weight excluding hydrogens is 382 g/mol. The smallest absolute Gasteiger partial charge is 0.368 e. The molecule has 1 atom stereocenters. The van der Waals surface area contributed by atoms with E-state index in [1.54, 1.807) is 0 Å². The van der Waals surface area contributed by atoms with Gasteiger partial charge in [0.25, 0.3) is 5.69 Å². The lowest BCUT2D eigenvalue weighted by molar-refractivity contribution is -0.384. The number of halogens is 5. The van der Waals surface area contributed by atoms with Crippen molar-refractivity contribution >= 4 is 28.9 Å². The van der Waals surface area contributed by atoms with Crippen molar-refractivity contribution in [1.82, 2.24) is 0 Å². The number of primary amides is 1. The van der Waals surface area contributed by atoms with Gasteiger partial charge in [0.05, 0.1) is 15.5 Å². The third-order valence-corrected chi connectivity index (χ3v) is 3.69. The number of carbonyl (C=O) groups is 1. The van der Waals surface area contributed by atoms with Crippen LogP contribution in [0, 0.1) is 15.9 Å². The van der Waals surface area contributed by atoms with Crippen LogP contribution in [0.4, 0.5) is 28.9 Å². The van der Waals surface area contributed by atoms with Crippen molar-refractivity contribution in [2.75, 3.05) is 5.32 Å². The van der Waals surface area contributed by atoms with Crippen LogP contribution in [0.2, 0.25) is 5.02 Å². The van der Waals surface area contributed by atoms with Gasteiger partial charge in [-0.15, -0.1) is 0 Å². The quantitative estimate of drug-likeness (QED) is 0.456. The van der Waals surface area contributed by atoms with Crippen molar-refractivity contribution in [1.29, 1.82) is 0 Å². The summed E-state index contributed by atoms with van der Waals surface area (Å²) in [6.07, 6.45) is -4.90. The Morgan fingerprint density at radius 1 is 1.23 bits per heavy atom. The summed E-state index contributed by atoms with van der Waals surface area (Å²) in [5.41, 5.74) is 2.61. The number of nitrogens with two attached hydrogens (primary N) is 1. The summed E-state index contributed by atoms with van der Waals surface area (Å²) in [4.78, 5) is 21.7. The SMILES string of the molecule is NC(=O)C(Nc1cc(Cl)c(C(F)(F)F)cc1[N+](=O)[O-])c1ccc(F)cc1. The van der Waals surface area contributed by atoms with Gasteiger partial charge in [-0.25, -0.2) is 4.39 Å². The number of anilines is 1. The number of rotatable bonds is 5. The van der Waals surface area contributed by atoms with Gasteiger partial charge in [-0.05, 0) is 23.8 Å². The highest BCUT2D eigenvalue weighted by molar-refractivity contribution is 6.31. The Balaban J connectivity index is 2.52. The highest BCUT2D eigenvalue weighted by Crippen LogP contribution is 2.41. The Hall–Kier alpha value is -2.88. The lowest BCUT2D eigenvalue weighted by Crippen LogP contribution is -2.28. The van der Waals surface area contributed by atoms with Crippen LogP contribution in [0.15, 0.2) is 36.4 Å². The molecule has 0 fully saturated rings. The Morgan fingerprint density at radius 2 is 1.81 bits per heavy atom. The lowest BCUT2D eigenvalue weighted by atomic mass is 10.0. The van der Waals surface area contributed by atoms with Crippen LogP contribution in [0.25, 0.3) is 0 Å². The molecule has 0 aliphatic carbocycles. The summed E-state index contributed by atoms with van der Waals surface area (Å²) in [5.74, 6) is -1.58. The molecule has 3 N–H and O–H groups in total. The zero-order chi connectivity index (χ0) is 19.6. The van der Waals surface area contributed by atoms with Gasteiger partial charge in [-0.1, -0.05) is 23.7 Å². The van der Waals surface area contributed by atoms with Gasteiger partial charge in [0.2, 0.25) is 5.91 Å². The fraction of sp³-hybridized carbons (Fsp3) is 0.133. The lowest BCUT2D eigenvalue weighted by Gasteiger charge is -2.18. The van der Waals surface area contributed by atoms with Gasteiger partial charge in [0, 0.05) is 6.07 Å². The largest absolute Gasteiger partial charge is 0.418 e. The second-order valence-electron chi connectivity index (χ2n) is 5.14. The molecule has 0 bridgehead atoms. The summed E-state index contributed by atoms with van der Waals surface area (Å²) < 4.78 is 51.6. The molecule has 2 rings (SSSR count). The fourth-order valence-corrected chi connectivity index (χ4v) is 2.45. The Kier molecular flexibility index (Phi) is 5.36. The van der Waals surface area contributed by atoms with E-state index in [9.17, 15) is 32.5 Å². The van der Waals surface area contributed by atoms with Crippen molar-refractivity contribution < 1.29 is 27.3 Å². The molecule has 26 heavy (non-hydrogen) atoms.